The van der Waals surface area contributed by atoms with Gasteiger partial charge in [0.15, 0.2) is 0 Å². The highest BCUT2D eigenvalue weighted by Gasteiger charge is 2.15. The van der Waals surface area contributed by atoms with Crippen LogP contribution >= 0.6 is 0 Å². The van der Waals surface area contributed by atoms with E-state index < -0.39 is 6.61 Å². The maximum Gasteiger partial charge on any atom is 0.387 e. The van der Waals surface area contributed by atoms with Crippen LogP contribution in [0, 0.1) is 13.8 Å². The smallest absolute Gasteiger partial charge is 0.387 e. The number of ether oxygens (including phenoxy) is 1. The first-order valence-corrected chi connectivity index (χ1v) is 7.53. The number of amides is 1. The fraction of sp³-hybridized carbons (Fsp3) is 0.278. The molecule has 0 aliphatic rings. The Hall–Kier alpha value is -2.47. The molecule has 4 nitrogen and oxygen atoms in total. The number of hydrogen-bond donors (Lipinski definition) is 2. The van der Waals surface area contributed by atoms with Gasteiger partial charge in [-0.1, -0.05) is 30.3 Å². The van der Waals surface area contributed by atoms with Crippen molar-refractivity contribution in [2.24, 2.45) is 5.73 Å². The molecule has 0 saturated carbocycles. The molecular weight excluding hydrogens is 314 g/mol. The molecule has 6 heteroatoms. The van der Waals surface area contributed by atoms with Gasteiger partial charge in [-0.25, -0.2) is 0 Å². The predicted octanol–water partition coefficient (Wildman–Crippen LogP) is 3.33. The first kappa shape index (κ1) is 17.9. The first-order chi connectivity index (χ1) is 11.4. The molecule has 1 unspecified atom stereocenters. The molecule has 2 rings (SSSR count). The van der Waals surface area contributed by atoms with Crippen molar-refractivity contribution in [3.05, 3.63) is 64.7 Å². The van der Waals surface area contributed by atoms with E-state index in [-0.39, 0.29) is 24.2 Å². The Kier molecular flexibility index (Phi) is 5.87. The minimum atomic E-state index is -2.90. The Morgan fingerprint density at radius 3 is 2.29 bits per heavy atom. The van der Waals surface area contributed by atoms with E-state index in [2.05, 4.69) is 10.1 Å². The summed E-state index contributed by atoms with van der Waals surface area (Å²) in [5.74, 6) is -0.210. The van der Waals surface area contributed by atoms with Crippen LogP contribution in [0.15, 0.2) is 42.5 Å². The Labute approximate surface area is 139 Å². The van der Waals surface area contributed by atoms with E-state index in [0.717, 1.165) is 5.56 Å². The number of halogens is 2. The van der Waals surface area contributed by atoms with Gasteiger partial charge in [0.1, 0.15) is 5.75 Å². The van der Waals surface area contributed by atoms with Crippen LogP contribution in [0.2, 0.25) is 0 Å². The zero-order valence-corrected chi connectivity index (χ0v) is 13.6. The molecule has 3 N–H and O–H groups in total. The summed E-state index contributed by atoms with van der Waals surface area (Å²) in [6.07, 6.45) is 0. The molecule has 2 aromatic rings. The van der Waals surface area contributed by atoms with Crippen molar-refractivity contribution in [1.29, 1.82) is 0 Å². The van der Waals surface area contributed by atoms with Crippen LogP contribution in [0.25, 0.3) is 0 Å². The summed E-state index contributed by atoms with van der Waals surface area (Å²) < 4.78 is 29.3. The van der Waals surface area contributed by atoms with Crippen LogP contribution in [-0.2, 0) is 0 Å². The Morgan fingerprint density at radius 2 is 1.75 bits per heavy atom. The van der Waals surface area contributed by atoms with Gasteiger partial charge in [-0.15, -0.1) is 0 Å². The third kappa shape index (κ3) is 4.52. The van der Waals surface area contributed by atoms with E-state index in [1.165, 1.54) is 12.1 Å². The SMILES string of the molecule is Cc1cc(C(=O)NCC(N)c2ccccc2)cc(C)c1OC(F)F. The van der Waals surface area contributed by atoms with Crippen LogP contribution < -0.4 is 15.8 Å². The Bertz CT molecular complexity index is 682. The van der Waals surface area contributed by atoms with Gasteiger partial charge in [-0.3, -0.25) is 4.79 Å². The van der Waals surface area contributed by atoms with Gasteiger partial charge in [-0.05, 0) is 42.7 Å². The number of hydrogen-bond acceptors (Lipinski definition) is 3. The third-order valence-electron chi connectivity index (χ3n) is 3.64. The highest BCUT2D eigenvalue weighted by Crippen LogP contribution is 2.26. The molecule has 128 valence electrons. The molecule has 0 saturated heterocycles. The minimum absolute atomic E-state index is 0.0996. The molecule has 2 aromatic carbocycles. The van der Waals surface area contributed by atoms with Crippen LogP contribution in [0.5, 0.6) is 5.75 Å². The molecule has 0 fully saturated rings. The number of nitrogens with two attached hydrogens (primary N) is 1. The number of nitrogens with one attached hydrogen (secondary N) is 1. The first-order valence-electron chi connectivity index (χ1n) is 7.53. The van der Waals surface area contributed by atoms with Crippen LogP contribution in [0.3, 0.4) is 0 Å². The second kappa shape index (κ2) is 7.88. The molecule has 0 aliphatic carbocycles. The summed E-state index contributed by atoms with van der Waals surface area (Å²) in [6, 6.07) is 12.2. The van der Waals surface area contributed by atoms with Crippen LogP contribution in [0.1, 0.15) is 33.1 Å². The molecular formula is C18H20F2N2O2. The van der Waals surface area contributed by atoms with Crippen molar-refractivity contribution < 1.29 is 18.3 Å². The summed E-state index contributed by atoms with van der Waals surface area (Å²) in [5.41, 5.74) is 8.30. The van der Waals surface area contributed by atoms with Crippen molar-refractivity contribution in [2.75, 3.05) is 6.54 Å². The van der Waals surface area contributed by atoms with Gasteiger partial charge in [0, 0.05) is 18.2 Å². The van der Waals surface area contributed by atoms with E-state index in [1.54, 1.807) is 13.8 Å². The van der Waals surface area contributed by atoms with Gasteiger partial charge < -0.3 is 15.8 Å². The summed E-state index contributed by atoms with van der Waals surface area (Å²) in [4.78, 5) is 12.3. The summed E-state index contributed by atoms with van der Waals surface area (Å²) in [6.45, 7) is 0.621. The van der Waals surface area contributed by atoms with Crippen molar-refractivity contribution in [3.63, 3.8) is 0 Å². The van der Waals surface area contributed by atoms with Gasteiger partial charge in [0.25, 0.3) is 5.91 Å². The van der Waals surface area contributed by atoms with Gasteiger partial charge >= 0.3 is 6.61 Å². The molecule has 1 amide bonds. The van der Waals surface area contributed by atoms with Crippen molar-refractivity contribution in [3.8, 4) is 5.75 Å². The topological polar surface area (TPSA) is 64.4 Å². The summed E-state index contributed by atoms with van der Waals surface area (Å²) >= 11 is 0. The standard InChI is InChI=1S/C18H20F2N2O2/c1-11-8-14(9-12(2)16(11)24-18(19)20)17(23)22-10-15(21)13-6-4-3-5-7-13/h3-9,15,18H,10,21H2,1-2H3,(H,22,23). The number of aryl methyl sites for hydroxylation is 2. The maximum atomic E-state index is 12.4. The number of carbonyl (C=O) groups is 1. The number of alkyl halides is 2. The number of benzene rings is 2. The zero-order chi connectivity index (χ0) is 17.7. The molecule has 24 heavy (non-hydrogen) atoms. The average Bonchev–Trinajstić information content (AvgIpc) is 2.56. The maximum absolute atomic E-state index is 12.4. The zero-order valence-electron chi connectivity index (χ0n) is 13.6. The summed E-state index contributed by atoms with van der Waals surface area (Å²) in [5, 5.41) is 2.76. The fourth-order valence-corrected chi connectivity index (χ4v) is 2.48. The van der Waals surface area contributed by atoms with Crippen LogP contribution in [-0.4, -0.2) is 19.1 Å². The second-order valence-corrected chi connectivity index (χ2v) is 5.54. The quantitative estimate of drug-likeness (QED) is 0.852. The van der Waals surface area contributed by atoms with E-state index in [9.17, 15) is 13.6 Å². The molecule has 1 atom stereocenters. The van der Waals surface area contributed by atoms with Crippen LogP contribution in [0.4, 0.5) is 8.78 Å². The molecule has 0 spiro atoms. The lowest BCUT2D eigenvalue weighted by atomic mass is 10.0. The second-order valence-electron chi connectivity index (χ2n) is 5.54. The number of carbonyl (C=O) groups excluding carboxylic acids is 1. The predicted molar refractivity (Wildman–Crippen MR) is 88.3 cm³/mol. The molecule has 0 heterocycles. The lowest BCUT2D eigenvalue weighted by Crippen LogP contribution is -2.32. The average molecular weight is 334 g/mol. The Morgan fingerprint density at radius 1 is 1.17 bits per heavy atom. The van der Waals surface area contributed by atoms with Crippen molar-refractivity contribution >= 4 is 5.91 Å². The van der Waals surface area contributed by atoms with E-state index in [1.807, 2.05) is 30.3 Å². The van der Waals surface area contributed by atoms with Gasteiger partial charge in [0.05, 0.1) is 0 Å². The lowest BCUT2D eigenvalue weighted by molar-refractivity contribution is -0.0507. The van der Waals surface area contributed by atoms with Gasteiger partial charge in [0.2, 0.25) is 0 Å². The lowest BCUT2D eigenvalue weighted by Gasteiger charge is -2.15. The molecule has 0 radical (unpaired) electrons. The monoisotopic (exact) mass is 334 g/mol. The van der Waals surface area contributed by atoms with Crippen molar-refractivity contribution in [2.45, 2.75) is 26.5 Å². The van der Waals surface area contributed by atoms with E-state index >= 15 is 0 Å². The highest BCUT2D eigenvalue weighted by atomic mass is 19.3. The van der Waals surface area contributed by atoms with Gasteiger partial charge in [-0.2, -0.15) is 8.78 Å². The minimum Gasteiger partial charge on any atom is -0.434 e. The highest BCUT2D eigenvalue weighted by molar-refractivity contribution is 5.94. The molecule has 0 aromatic heterocycles. The summed E-state index contributed by atoms with van der Waals surface area (Å²) in [7, 11) is 0. The number of rotatable bonds is 6. The molecule has 0 aliphatic heterocycles. The normalized spacial score (nSPS) is 12.1. The molecule has 0 bridgehead atoms. The van der Waals surface area contributed by atoms with E-state index in [0.29, 0.717) is 16.7 Å². The van der Waals surface area contributed by atoms with E-state index in [4.69, 9.17) is 5.73 Å². The fourth-order valence-electron chi connectivity index (χ4n) is 2.48. The third-order valence-corrected chi connectivity index (χ3v) is 3.64. The largest absolute Gasteiger partial charge is 0.434 e. The Balaban J connectivity index is 2.05. The van der Waals surface area contributed by atoms with Crippen molar-refractivity contribution in [1.82, 2.24) is 5.32 Å².